The van der Waals surface area contributed by atoms with Gasteiger partial charge in [-0.15, -0.1) is 0 Å². The number of sulfone groups is 1. The van der Waals surface area contributed by atoms with Crippen molar-refractivity contribution in [2.24, 2.45) is 0 Å². The Balaban J connectivity index is 2.66. The van der Waals surface area contributed by atoms with Crippen molar-refractivity contribution < 1.29 is 17.9 Å². The monoisotopic (exact) mass is 306 g/mol. The summed E-state index contributed by atoms with van der Waals surface area (Å²) in [6.07, 6.45) is 3.49. The average Bonchev–Trinajstić information content (AvgIpc) is 2.80. The Morgan fingerprint density at radius 3 is 2.65 bits per heavy atom. The van der Waals surface area contributed by atoms with Crippen LogP contribution in [0.4, 0.5) is 0 Å². The highest BCUT2D eigenvalue weighted by Crippen LogP contribution is 2.33. The van der Waals surface area contributed by atoms with Crippen molar-refractivity contribution >= 4 is 15.8 Å². The fourth-order valence-corrected chi connectivity index (χ4v) is 3.46. The first-order valence-electron chi connectivity index (χ1n) is 6.95. The zero-order chi connectivity index (χ0) is 15.4. The Hall–Kier alpha value is -0.660. The van der Waals surface area contributed by atoms with Crippen LogP contribution in [-0.2, 0) is 19.4 Å². The molecule has 2 atom stereocenters. The molecular weight excluding hydrogens is 280 g/mol. The van der Waals surface area contributed by atoms with Crippen LogP contribution in [-0.4, -0.2) is 70.1 Å². The molecule has 0 aromatic heterocycles. The highest BCUT2D eigenvalue weighted by molar-refractivity contribution is 7.90. The quantitative estimate of drug-likeness (QED) is 0.669. The first-order chi connectivity index (χ1) is 9.24. The van der Waals surface area contributed by atoms with Crippen LogP contribution in [0.5, 0.6) is 0 Å². The maximum Gasteiger partial charge on any atom is 0.326 e. The third kappa shape index (κ3) is 4.43. The number of nitrogens with zero attached hydrogens (tertiary/aromatic N) is 1. The van der Waals surface area contributed by atoms with Crippen LogP contribution >= 0.6 is 0 Å². The number of ether oxygens (including phenoxy) is 1. The van der Waals surface area contributed by atoms with E-state index in [1.54, 1.807) is 0 Å². The van der Waals surface area contributed by atoms with Crippen LogP contribution in [0.15, 0.2) is 0 Å². The number of carbonyl (C=O) groups excluding carboxylic acids is 1. The number of hydrogen-bond donors (Lipinski definition) is 1. The molecule has 0 aromatic rings. The van der Waals surface area contributed by atoms with Crippen molar-refractivity contribution in [3.63, 3.8) is 0 Å². The van der Waals surface area contributed by atoms with Gasteiger partial charge in [0.15, 0.2) is 0 Å². The van der Waals surface area contributed by atoms with Gasteiger partial charge in [0.1, 0.15) is 15.4 Å². The molecule has 1 fully saturated rings. The number of rotatable bonds is 7. The second-order valence-electron chi connectivity index (χ2n) is 5.61. The van der Waals surface area contributed by atoms with E-state index in [-0.39, 0.29) is 17.8 Å². The standard InChI is InChI=1S/C13H26N2O4S/c1-5-14-13(12(16)19-3)7-6-11(10-13)15(2)8-9-20(4,17)18/h11,14H,5-10H2,1-4H3. The molecule has 0 radical (unpaired) electrons. The number of carbonyl (C=O) groups is 1. The minimum atomic E-state index is -2.96. The highest BCUT2D eigenvalue weighted by atomic mass is 32.2. The van der Waals surface area contributed by atoms with Crippen molar-refractivity contribution in [3.05, 3.63) is 0 Å². The van der Waals surface area contributed by atoms with Gasteiger partial charge in [-0.2, -0.15) is 0 Å². The molecule has 6 nitrogen and oxygen atoms in total. The van der Waals surface area contributed by atoms with Gasteiger partial charge >= 0.3 is 5.97 Å². The van der Waals surface area contributed by atoms with Crippen LogP contribution in [0.25, 0.3) is 0 Å². The van der Waals surface area contributed by atoms with Crippen molar-refractivity contribution in [3.8, 4) is 0 Å². The van der Waals surface area contributed by atoms with E-state index in [1.807, 2.05) is 18.9 Å². The molecule has 7 heteroatoms. The molecule has 0 aromatic carbocycles. The molecule has 0 amide bonds. The molecule has 118 valence electrons. The van der Waals surface area contributed by atoms with Crippen LogP contribution < -0.4 is 5.32 Å². The Labute approximate surface area is 121 Å². The molecule has 2 unspecified atom stereocenters. The highest BCUT2D eigenvalue weighted by Gasteiger charge is 2.46. The van der Waals surface area contributed by atoms with Crippen LogP contribution in [0, 0.1) is 0 Å². The summed E-state index contributed by atoms with van der Waals surface area (Å²) >= 11 is 0. The maximum atomic E-state index is 12.0. The first-order valence-corrected chi connectivity index (χ1v) is 9.01. The molecular formula is C13H26N2O4S. The molecule has 1 aliphatic rings. The van der Waals surface area contributed by atoms with Gasteiger partial charge in [0.05, 0.1) is 12.9 Å². The van der Waals surface area contributed by atoms with E-state index < -0.39 is 15.4 Å². The summed E-state index contributed by atoms with van der Waals surface area (Å²) in [6.45, 7) is 3.16. The summed E-state index contributed by atoms with van der Waals surface area (Å²) in [5.74, 6) is -0.0785. The Morgan fingerprint density at radius 2 is 2.15 bits per heavy atom. The lowest BCUT2D eigenvalue weighted by Gasteiger charge is -2.29. The van der Waals surface area contributed by atoms with E-state index in [2.05, 4.69) is 5.32 Å². The van der Waals surface area contributed by atoms with E-state index in [9.17, 15) is 13.2 Å². The van der Waals surface area contributed by atoms with Gasteiger partial charge in [-0.3, -0.25) is 4.79 Å². The fraction of sp³-hybridized carbons (Fsp3) is 0.923. The molecule has 0 heterocycles. The summed E-state index contributed by atoms with van der Waals surface area (Å²) in [5, 5.41) is 3.25. The number of nitrogens with one attached hydrogen (secondary N) is 1. The van der Waals surface area contributed by atoms with Gasteiger partial charge < -0.3 is 15.0 Å². The smallest absolute Gasteiger partial charge is 0.326 e. The molecule has 1 saturated carbocycles. The molecule has 1 aliphatic carbocycles. The molecule has 0 aliphatic heterocycles. The van der Waals surface area contributed by atoms with E-state index in [0.717, 1.165) is 12.8 Å². The summed E-state index contributed by atoms with van der Waals surface area (Å²) in [7, 11) is 0.359. The van der Waals surface area contributed by atoms with Crippen LogP contribution in [0.2, 0.25) is 0 Å². The molecule has 0 saturated heterocycles. The third-order valence-corrected chi connectivity index (χ3v) is 4.94. The third-order valence-electron chi connectivity index (χ3n) is 4.02. The number of methoxy groups -OCH3 is 1. The Bertz CT molecular complexity index is 438. The lowest BCUT2D eigenvalue weighted by atomic mass is 9.97. The van der Waals surface area contributed by atoms with Gasteiger partial charge in [0.25, 0.3) is 0 Å². The Morgan fingerprint density at radius 1 is 1.50 bits per heavy atom. The molecule has 1 N–H and O–H groups in total. The molecule has 1 rings (SSSR count). The lowest BCUT2D eigenvalue weighted by molar-refractivity contribution is -0.148. The topological polar surface area (TPSA) is 75.7 Å². The zero-order valence-corrected chi connectivity index (χ0v) is 13.6. The minimum absolute atomic E-state index is 0.145. The van der Waals surface area contributed by atoms with E-state index in [0.29, 0.717) is 19.5 Å². The van der Waals surface area contributed by atoms with Crippen LogP contribution in [0.1, 0.15) is 26.2 Å². The Kier molecular flexibility index (Phi) is 5.97. The molecule has 0 spiro atoms. The largest absolute Gasteiger partial charge is 0.468 e. The van der Waals surface area contributed by atoms with Gasteiger partial charge in [0.2, 0.25) is 0 Å². The fourth-order valence-electron chi connectivity index (χ4n) is 2.84. The van der Waals surface area contributed by atoms with E-state index >= 15 is 0 Å². The summed E-state index contributed by atoms with van der Waals surface area (Å²) in [5.41, 5.74) is -0.618. The second kappa shape index (κ2) is 6.87. The van der Waals surface area contributed by atoms with Crippen molar-refractivity contribution in [2.45, 2.75) is 37.8 Å². The average molecular weight is 306 g/mol. The predicted molar refractivity (Wildman–Crippen MR) is 78.4 cm³/mol. The van der Waals surface area contributed by atoms with E-state index in [4.69, 9.17) is 4.74 Å². The van der Waals surface area contributed by atoms with Crippen molar-refractivity contribution in [1.82, 2.24) is 10.2 Å². The zero-order valence-electron chi connectivity index (χ0n) is 12.8. The summed E-state index contributed by atoms with van der Waals surface area (Å²) < 4.78 is 27.4. The second-order valence-corrected chi connectivity index (χ2v) is 7.87. The normalized spacial score (nSPS) is 26.9. The van der Waals surface area contributed by atoms with Crippen molar-refractivity contribution in [1.29, 1.82) is 0 Å². The van der Waals surface area contributed by atoms with Crippen molar-refractivity contribution in [2.75, 3.05) is 39.3 Å². The van der Waals surface area contributed by atoms with Gasteiger partial charge in [-0.1, -0.05) is 6.92 Å². The predicted octanol–water partition coefficient (Wildman–Crippen LogP) is 0.0366. The number of likely N-dealkylation sites (N-methyl/N-ethyl adjacent to an activating group) is 1. The number of hydrogen-bond acceptors (Lipinski definition) is 6. The molecule has 0 bridgehead atoms. The van der Waals surface area contributed by atoms with Gasteiger partial charge in [0, 0.05) is 18.8 Å². The SMILES string of the molecule is CCNC1(C(=O)OC)CCC(N(C)CCS(C)(=O)=O)C1. The van der Waals surface area contributed by atoms with E-state index in [1.165, 1.54) is 13.4 Å². The van der Waals surface area contributed by atoms with Gasteiger partial charge in [-0.05, 0) is 32.9 Å². The lowest BCUT2D eigenvalue weighted by Crippen LogP contribution is -2.51. The summed E-state index contributed by atoms with van der Waals surface area (Å²) in [6, 6.07) is 0.204. The van der Waals surface area contributed by atoms with Gasteiger partial charge in [-0.25, -0.2) is 8.42 Å². The molecule has 20 heavy (non-hydrogen) atoms. The summed E-state index contributed by atoms with van der Waals surface area (Å²) in [4.78, 5) is 14.0. The maximum absolute atomic E-state index is 12.0. The first kappa shape index (κ1) is 17.4. The minimum Gasteiger partial charge on any atom is -0.468 e. The van der Waals surface area contributed by atoms with Crippen LogP contribution in [0.3, 0.4) is 0 Å². The number of esters is 1.